The zero-order valence-corrected chi connectivity index (χ0v) is 18.6. The highest BCUT2D eigenvalue weighted by atomic mass is 32.2. The quantitative estimate of drug-likeness (QED) is 0.328. The van der Waals surface area contributed by atoms with Gasteiger partial charge >= 0.3 is 0 Å². The predicted molar refractivity (Wildman–Crippen MR) is 122 cm³/mol. The number of amides is 1. The number of thioether (sulfide) groups is 1. The van der Waals surface area contributed by atoms with Gasteiger partial charge in [0, 0.05) is 29.7 Å². The molecule has 0 radical (unpaired) electrons. The maximum Gasteiger partial charge on any atom is 0.269 e. The number of anilines is 1. The van der Waals surface area contributed by atoms with Crippen LogP contribution in [0.5, 0.6) is 0 Å². The van der Waals surface area contributed by atoms with Crippen molar-refractivity contribution in [1.29, 1.82) is 0 Å². The molecule has 0 heterocycles. The highest BCUT2D eigenvalue weighted by Gasteiger charge is 2.27. The second-order valence-electron chi connectivity index (χ2n) is 7.23. The van der Waals surface area contributed by atoms with Crippen molar-refractivity contribution in [3.8, 4) is 0 Å². The number of rotatable bonds is 10. The Morgan fingerprint density at radius 1 is 1.10 bits per heavy atom. The first kappa shape index (κ1) is 23.1. The first-order valence-corrected chi connectivity index (χ1v) is 12.6. The number of nitro benzene ring substituents is 1. The number of carbonyl (C=O) groups is 1. The van der Waals surface area contributed by atoms with E-state index >= 15 is 0 Å². The summed E-state index contributed by atoms with van der Waals surface area (Å²) in [6.07, 6.45) is 4.93. The van der Waals surface area contributed by atoms with Gasteiger partial charge in [0.15, 0.2) is 0 Å². The minimum absolute atomic E-state index is 0.0398. The number of carbonyl (C=O) groups excluding carboxylic acids is 1. The predicted octanol–water partition coefficient (Wildman–Crippen LogP) is 3.58. The van der Waals surface area contributed by atoms with Gasteiger partial charge in [-0.05, 0) is 37.1 Å². The van der Waals surface area contributed by atoms with Gasteiger partial charge in [-0.3, -0.25) is 19.2 Å². The van der Waals surface area contributed by atoms with Crippen LogP contribution in [0, 0.1) is 10.1 Å². The van der Waals surface area contributed by atoms with Crippen molar-refractivity contribution in [1.82, 2.24) is 5.32 Å². The molecule has 2 aromatic carbocycles. The fourth-order valence-electron chi connectivity index (χ4n) is 3.43. The Morgan fingerprint density at radius 3 is 2.35 bits per heavy atom. The average Bonchev–Trinajstić information content (AvgIpc) is 3.29. The molecule has 1 aliphatic carbocycles. The van der Waals surface area contributed by atoms with Crippen LogP contribution in [0.15, 0.2) is 59.5 Å². The first-order chi connectivity index (χ1) is 14.9. The Hall–Kier alpha value is -2.59. The van der Waals surface area contributed by atoms with Gasteiger partial charge in [-0.2, -0.15) is 11.8 Å². The Bertz CT molecular complexity index is 991. The highest BCUT2D eigenvalue weighted by molar-refractivity contribution is 7.99. The number of nitrogens with zero attached hydrogens (tertiary/aromatic N) is 2. The molecule has 0 aliphatic heterocycles. The molecular formula is C21H25N3O5S2. The maximum absolute atomic E-state index is 13.2. The molecule has 1 N–H and O–H groups in total. The van der Waals surface area contributed by atoms with Gasteiger partial charge in [-0.1, -0.05) is 31.0 Å². The molecular weight excluding hydrogens is 438 g/mol. The van der Waals surface area contributed by atoms with E-state index in [4.69, 9.17) is 0 Å². The fraction of sp³-hybridized carbons (Fsp3) is 0.381. The van der Waals surface area contributed by atoms with Crippen LogP contribution in [0.2, 0.25) is 0 Å². The molecule has 31 heavy (non-hydrogen) atoms. The molecule has 0 unspecified atom stereocenters. The van der Waals surface area contributed by atoms with Crippen LogP contribution in [-0.4, -0.2) is 43.3 Å². The van der Waals surface area contributed by atoms with Gasteiger partial charge in [0.25, 0.3) is 15.7 Å². The summed E-state index contributed by atoms with van der Waals surface area (Å²) in [4.78, 5) is 22.9. The molecule has 10 heteroatoms. The molecule has 1 fully saturated rings. The Kier molecular flexibility index (Phi) is 7.91. The van der Waals surface area contributed by atoms with Gasteiger partial charge < -0.3 is 5.32 Å². The minimum Gasteiger partial charge on any atom is -0.354 e. The number of sulfonamides is 1. The third-order valence-corrected chi connectivity index (χ3v) is 8.22. The van der Waals surface area contributed by atoms with Crippen LogP contribution >= 0.6 is 11.8 Å². The summed E-state index contributed by atoms with van der Waals surface area (Å²) in [6, 6.07) is 12.9. The van der Waals surface area contributed by atoms with E-state index in [1.807, 2.05) is 11.8 Å². The molecule has 3 rings (SSSR count). The number of hydrogen-bond acceptors (Lipinski definition) is 6. The van der Waals surface area contributed by atoms with Crippen molar-refractivity contribution >= 4 is 39.1 Å². The van der Waals surface area contributed by atoms with E-state index in [1.54, 1.807) is 18.2 Å². The summed E-state index contributed by atoms with van der Waals surface area (Å²) in [6.45, 7) is 0.0443. The lowest BCUT2D eigenvalue weighted by atomic mass is 10.3. The van der Waals surface area contributed by atoms with E-state index in [9.17, 15) is 23.3 Å². The average molecular weight is 464 g/mol. The van der Waals surface area contributed by atoms with E-state index in [2.05, 4.69) is 5.32 Å². The zero-order valence-electron chi connectivity index (χ0n) is 17.0. The van der Waals surface area contributed by atoms with Crippen molar-refractivity contribution in [3.05, 3.63) is 64.7 Å². The lowest BCUT2D eigenvalue weighted by molar-refractivity contribution is -0.384. The van der Waals surface area contributed by atoms with Crippen LogP contribution in [0.4, 0.5) is 11.4 Å². The topological polar surface area (TPSA) is 110 Å². The van der Waals surface area contributed by atoms with E-state index in [0.717, 1.165) is 10.1 Å². The largest absolute Gasteiger partial charge is 0.354 e. The Morgan fingerprint density at radius 2 is 1.74 bits per heavy atom. The van der Waals surface area contributed by atoms with E-state index in [1.165, 1.54) is 62.1 Å². The van der Waals surface area contributed by atoms with E-state index < -0.39 is 27.4 Å². The van der Waals surface area contributed by atoms with Gasteiger partial charge in [0.2, 0.25) is 5.91 Å². The SMILES string of the molecule is O=C(CN(c1ccc([N+](=O)[O-])cc1)S(=O)(=O)c1ccccc1)NCCSC1CCCC1. The van der Waals surface area contributed by atoms with E-state index in [0.29, 0.717) is 11.8 Å². The van der Waals surface area contributed by atoms with Crippen LogP contribution in [0.1, 0.15) is 25.7 Å². The highest BCUT2D eigenvalue weighted by Crippen LogP contribution is 2.29. The number of hydrogen-bond donors (Lipinski definition) is 1. The molecule has 1 aliphatic rings. The van der Waals surface area contributed by atoms with Gasteiger partial charge in [0.05, 0.1) is 15.5 Å². The fourth-order valence-corrected chi connectivity index (χ4v) is 6.09. The number of non-ortho nitro benzene ring substituents is 1. The summed E-state index contributed by atoms with van der Waals surface area (Å²) in [5.74, 6) is 0.351. The molecule has 166 valence electrons. The molecule has 1 saturated carbocycles. The molecule has 1 amide bonds. The molecule has 0 saturated heterocycles. The Balaban J connectivity index is 1.72. The maximum atomic E-state index is 13.2. The van der Waals surface area contributed by atoms with Crippen LogP contribution in [-0.2, 0) is 14.8 Å². The van der Waals surface area contributed by atoms with Crippen molar-refractivity contribution in [2.75, 3.05) is 23.1 Å². The third-order valence-electron chi connectivity index (χ3n) is 5.05. The summed E-state index contributed by atoms with van der Waals surface area (Å²) in [5.41, 5.74) is 0.0270. The number of nitrogens with one attached hydrogen (secondary N) is 1. The zero-order chi connectivity index (χ0) is 22.3. The van der Waals surface area contributed by atoms with Crippen molar-refractivity contribution in [3.63, 3.8) is 0 Å². The molecule has 0 bridgehead atoms. The second-order valence-corrected chi connectivity index (χ2v) is 10.5. The van der Waals surface area contributed by atoms with Crippen LogP contribution < -0.4 is 9.62 Å². The lowest BCUT2D eigenvalue weighted by Gasteiger charge is -2.24. The molecule has 8 nitrogen and oxygen atoms in total. The Labute approximate surface area is 186 Å². The minimum atomic E-state index is -4.03. The second kappa shape index (κ2) is 10.6. The van der Waals surface area contributed by atoms with Crippen molar-refractivity contribution in [2.24, 2.45) is 0 Å². The van der Waals surface area contributed by atoms with Gasteiger partial charge in [-0.15, -0.1) is 0 Å². The lowest BCUT2D eigenvalue weighted by Crippen LogP contribution is -2.41. The number of benzene rings is 2. The normalized spacial score (nSPS) is 14.3. The van der Waals surface area contributed by atoms with Crippen molar-refractivity contribution in [2.45, 2.75) is 35.8 Å². The monoisotopic (exact) mass is 463 g/mol. The molecule has 0 atom stereocenters. The van der Waals surface area contributed by atoms with E-state index in [-0.39, 0.29) is 16.3 Å². The van der Waals surface area contributed by atoms with Crippen molar-refractivity contribution < 1.29 is 18.1 Å². The van der Waals surface area contributed by atoms with Crippen LogP contribution in [0.25, 0.3) is 0 Å². The standard InChI is InChI=1S/C21H25N3O5S2/c25-21(22-14-15-30-19-6-4-5-7-19)16-23(17-10-12-18(13-11-17)24(26)27)31(28,29)20-8-2-1-3-9-20/h1-3,8-13,19H,4-7,14-16H2,(H,22,25). The van der Waals surface area contributed by atoms with Gasteiger partial charge in [0.1, 0.15) is 6.54 Å². The molecule has 0 spiro atoms. The smallest absolute Gasteiger partial charge is 0.269 e. The summed E-state index contributed by atoms with van der Waals surface area (Å²) < 4.78 is 27.4. The molecule has 2 aromatic rings. The first-order valence-electron chi connectivity index (χ1n) is 10.1. The third kappa shape index (κ3) is 6.20. The summed E-state index contributed by atoms with van der Waals surface area (Å²) in [5, 5.41) is 14.4. The van der Waals surface area contributed by atoms with Gasteiger partial charge in [-0.25, -0.2) is 8.42 Å². The number of nitro groups is 1. The summed E-state index contributed by atoms with van der Waals surface area (Å²) in [7, 11) is -4.03. The van der Waals surface area contributed by atoms with Crippen LogP contribution in [0.3, 0.4) is 0 Å². The summed E-state index contributed by atoms with van der Waals surface area (Å²) >= 11 is 1.84. The molecule has 0 aromatic heterocycles.